The van der Waals surface area contributed by atoms with Crippen LogP contribution in [-0.4, -0.2) is 60.2 Å². The molecule has 1 saturated heterocycles. The lowest BCUT2D eigenvalue weighted by molar-refractivity contribution is 0.0497. The monoisotopic (exact) mass is 557 g/mol. The van der Waals surface area contributed by atoms with Crippen molar-refractivity contribution in [3.05, 3.63) is 66.1 Å². The fourth-order valence-electron chi connectivity index (χ4n) is 4.80. The molecule has 1 fully saturated rings. The van der Waals surface area contributed by atoms with Gasteiger partial charge in [-0.25, -0.2) is 9.48 Å². The number of fused-ring (bicyclic) bond motifs is 1. The van der Waals surface area contributed by atoms with Gasteiger partial charge in [0, 0.05) is 43.6 Å². The first-order chi connectivity index (χ1) is 19.8. The average molecular weight is 558 g/mol. The van der Waals surface area contributed by atoms with Crippen LogP contribution in [0.15, 0.2) is 55.0 Å². The third kappa shape index (κ3) is 7.03. The van der Waals surface area contributed by atoms with Gasteiger partial charge in [-0.1, -0.05) is 43.7 Å². The van der Waals surface area contributed by atoms with Crippen molar-refractivity contribution in [1.82, 2.24) is 34.7 Å². The fourth-order valence-corrected chi connectivity index (χ4v) is 4.80. The van der Waals surface area contributed by atoms with Crippen LogP contribution in [0.25, 0.3) is 17.4 Å². The van der Waals surface area contributed by atoms with E-state index in [4.69, 9.17) is 14.7 Å². The van der Waals surface area contributed by atoms with E-state index in [2.05, 4.69) is 50.9 Å². The summed E-state index contributed by atoms with van der Waals surface area (Å²) in [6.07, 6.45) is 13.0. The van der Waals surface area contributed by atoms with Gasteiger partial charge in [0.25, 0.3) is 0 Å². The molecule has 0 bridgehead atoms. The smallest absolute Gasteiger partial charge is 0.407 e. The van der Waals surface area contributed by atoms with E-state index < -0.39 is 5.60 Å². The number of alkyl carbamates (subject to hydrolysis) is 1. The number of hydrogen-bond donors (Lipinski definition) is 2. The van der Waals surface area contributed by atoms with Gasteiger partial charge in [0.05, 0.1) is 11.9 Å². The van der Waals surface area contributed by atoms with Crippen LogP contribution in [0.5, 0.6) is 0 Å². The third-order valence-electron chi connectivity index (χ3n) is 6.81. The van der Waals surface area contributed by atoms with Crippen LogP contribution in [0.3, 0.4) is 0 Å². The van der Waals surface area contributed by atoms with E-state index in [9.17, 15) is 4.79 Å². The predicted octanol–water partition coefficient (Wildman–Crippen LogP) is 5.23. The molecule has 1 aliphatic rings. The largest absolute Gasteiger partial charge is 0.444 e. The van der Waals surface area contributed by atoms with Crippen molar-refractivity contribution in [3.63, 3.8) is 0 Å². The molecular weight excluding hydrogens is 518 g/mol. The Morgan fingerprint density at radius 1 is 1.12 bits per heavy atom. The number of nitrogens with zero attached hydrogens (tertiary/aromatic N) is 7. The minimum Gasteiger partial charge on any atom is -0.444 e. The second kappa shape index (κ2) is 12.4. The molecule has 1 aliphatic heterocycles. The van der Waals surface area contributed by atoms with Crippen molar-refractivity contribution in [2.24, 2.45) is 0 Å². The SMILES string of the molecule is CCC/C=C/c1cnn2c(NCc3ccccc3-n3cccn3)nc(N3CCC(NC(=O)OC(C)(C)C)CC3)nc12. The first-order valence-corrected chi connectivity index (χ1v) is 14.3. The van der Waals surface area contributed by atoms with E-state index in [1.54, 1.807) is 10.7 Å². The van der Waals surface area contributed by atoms with Crippen LogP contribution in [0, 0.1) is 0 Å². The van der Waals surface area contributed by atoms with Crippen molar-refractivity contribution >= 4 is 29.7 Å². The summed E-state index contributed by atoms with van der Waals surface area (Å²) in [5.74, 6) is 1.26. The second-order valence-electron chi connectivity index (χ2n) is 11.2. The number of allylic oxidation sites excluding steroid dienone is 1. The lowest BCUT2D eigenvalue weighted by Crippen LogP contribution is -2.46. The molecule has 4 aromatic rings. The molecular formula is C30H39N9O2. The molecule has 11 nitrogen and oxygen atoms in total. The molecule has 0 atom stereocenters. The number of anilines is 2. The van der Waals surface area contributed by atoms with Gasteiger partial charge in [0.1, 0.15) is 5.60 Å². The topological polar surface area (TPSA) is 114 Å². The van der Waals surface area contributed by atoms with Crippen LogP contribution < -0.4 is 15.5 Å². The maximum Gasteiger partial charge on any atom is 0.407 e. The number of amides is 1. The molecule has 4 heterocycles. The number of ether oxygens (including phenoxy) is 1. The lowest BCUT2D eigenvalue weighted by atomic mass is 10.1. The van der Waals surface area contributed by atoms with Crippen LogP contribution in [0.1, 0.15) is 64.5 Å². The van der Waals surface area contributed by atoms with Gasteiger partial charge in [-0.05, 0) is 57.7 Å². The van der Waals surface area contributed by atoms with E-state index in [-0.39, 0.29) is 12.1 Å². The number of carbonyl (C=O) groups excluding carboxylic acids is 1. The van der Waals surface area contributed by atoms with Gasteiger partial charge in [0.15, 0.2) is 5.65 Å². The summed E-state index contributed by atoms with van der Waals surface area (Å²) in [6.45, 7) is 9.72. The molecule has 11 heteroatoms. The van der Waals surface area contributed by atoms with E-state index >= 15 is 0 Å². The van der Waals surface area contributed by atoms with E-state index in [0.717, 1.165) is 48.1 Å². The zero-order chi connectivity index (χ0) is 28.8. The third-order valence-corrected chi connectivity index (χ3v) is 6.81. The maximum absolute atomic E-state index is 12.3. The number of para-hydroxylation sites is 1. The lowest BCUT2D eigenvalue weighted by Gasteiger charge is -2.33. The highest BCUT2D eigenvalue weighted by Crippen LogP contribution is 2.23. The standard InChI is InChI=1S/C30H39N9O2/c1-5-6-7-12-23-21-33-39-26(23)35-28(37-18-14-24(15-19-37)34-29(40)41-30(2,3)4)36-27(39)31-20-22-11-8-9-13-25(22)38-17-10-16-32-38/h7-13,16-17,21,24H,5-6,14-15,18-20H2,1-4H3,(H,34,40)(H,31,35,36)/b12-7+. The van der Waals surface area contributed by atoms with Gasteiger partial charge in [0.2, 0.25) is 11.9 Å². The normalized spacial score (nSPS) is 14.6. The quantitative estimate of drug-likeness (QED) is 0.288. The Morgan fingerprint density at radius 3 is 2.66 bits per heavy atom. The average Bonchev–Trinajstić information content (AvgIpc) is 3.62. The molecule has 216 valence electrons. The van der Waals surface area contributed by atoms with Crippen LogP contribution in [0.4, 0.5) is 16.7 Å². The Hall–Kier alpha value is -4.41. The number of carbonyl (C=O) groups is 1. The van der Waals surface area contributed by atoms with Crippen LogP contribution >= 0.6 is 0 Å². The zero-order valence-electron chi connectivity index (χ0n) is 24.2. The highest BCUT2D eigenvalue weighted by atomic mass is 16.6. The van der Waals surface area contributed by atoms with E-state index in [0.29, 0.717) is 31.5 Å². The summed E-state index contributed by atoms with van der Waals surface area (Å²) in [5.41, 5.74) is 3.25. The Bertz CT molecular complexity index is 1480. The molecule has 1 amide bonds. The van der Waals surface area contributed by atoms with E-state index in [1.165, 1.54) is 0 Å². The van der Waals surface area contributed by atoms with Gasteiger partial charge in [-0.15, -0.1) is 0 Å². The first-order valence-electron chi connectivity index (χ1n) is 14.3. The van der Waals surface area contributed by atoms with Crippen LogP contribution in [-0.2, 0) is 11.3 Å². The van der Waals surface area contributed by atoms with Crippen molar-refractivity contribution in [2.75, 3.05) is 23.3 Å². The Labute approximate surface area is 240 Å². The molecule has 3 aromatic heterocycles. The number of hydrogen-bond acceptors (Lipinski definition) is 8. The molecule has 0 aliphatic carbocycles. The molecule has 0 spiro atoms. The van der Waals surface area contributed by atoms with Crippen molar-refractivity contribution in [3.8, 4) is 5.69 Å². The molecule has 2 N–H and O–H groups in total. The Kier molecular flexibility index (Phi) is 8.51. The zero-order valence-corrected chi connectivity index (χ0v) is 24.2. The van der Waals surface area contributed by atoms with Gasteiger partial charge in [-0.2, -0.15) is 24.7 Å². The van der Waals surface area contributed by atoms with Crippen LogP contribution in [0.2, 0.25) is 0 Å². The van der Waals surface area contributed by atoms with Crippen molar-refractivity contribution in [1.29, 1.82) is 0 Å². The Morgan fingerprint density at radius 2 is 1.93 bits per heavy atom. The minimum atomic E-state index is -0.523. The summed E-state index contributed by atoms with van der Waals surface area (Å²) in [6, 6.07) is 10.1. The van der Waals surface area contributed by atoms with E-state index in [1.807, 2.05) is 62.1 Å². The molecule has 1 aromatic carbocycles. The second-order valence-corrected chi connectivity index (χ2v) is 11.2. The Balaban J connectivity index is 1.37. The number of aromatic nitrogens is 6. The first kappa shape index (κ1) is 28.1. The molecule has 5 rings (SSSR count). The minimum absolute atomic E-state index is 0.0451. The fraction of sp³-hybridized carbons (Fsp3) is 0.433. The molecule has 0 unspecified atom stereocenters. The highest BCUT2D eigenvalue weighted by molar-refractivity contribution is 5.69. The summed E-state index contributed by atoms with van der Waals surface area (Å²) < 4.78 is 9.06. The van der Waals surface area contributed by atoms with Gasteiger partial charge in [-0.3, -0.25) is 0 Å². The predicted molar refractivity (Wildman–Crippen MR) is 160 cm³/mol. The number of piperidine rings is 1. The number of benzene rings is 1. The summed E-state index contributed by atoms with van der Waals surface area (Å²) in [4.78, 5) is 24.3. The number of rotatable bonds is 9. The molecule has 41 heavy (non-hydrogen) atoms. The van der Waals surface area contributed by atoms with Gasteiger partial charge < -0.3 is 20.3 Å². The number of unbranched alkanes of at least 4 members (excludes halogenated alkanes) is 1. The van der Waals surface area contributed by atoms with Crippen molar-refractivity contribution in [2.45, 2.75) is 71.6 Å². The summed E-state index contributed by atoms with van der Waals surface area (Å²) >= 11 is 0. The molecule has 0 saturated carbocycles. The molecule has 0 radical (unpaired) electrons. The van der Waals surface area contributed by atoms with Crippen molar-refractivity contribution < 1.29 is 9.53 Å². The van der Waals surface area contributed by atoms with Gasteiger partial charge >= 0.3 is 6.09 Å². The summed E-state index contributed by atoms with van der Waals surface area (Å²) in [5, 5.41) is 15.5. The number of nitrogens with one attached hydrogen (secondary N) is 2. The highest BCUT2D eigenvalue weighted by Gasteiger charge is 2.26. The summed E-state index contributed by atoms with van der Waals surface area (Å²) in [7, 11) is 0. The maximum atomic E-state index is 12.3.